The summed E-state index contributed by atoms with van der Waals surface area (Å²) in [6.45, 7) is 4.50. The first-order valence-corrected chi connectivity index (χ1v) is 17.7. The first-order chi connectivity index (χ1) is 24.9. The van der Waals surface area contributed by atoms with E-state index in [0.29, 0.717) is 0 Å². The third kappa shape index (κ3) is 7.41. The number of piperazine rings is 1. The standard InChI is InChI=1S/C39H44N8O4/c1-2-18-44-28-37(49)46-35(23-29-14-16-32(48)17-15-29)38(50)43(27-36(46)47(44)39(51)40-24-30-10-5-3-6-11-30)26-31-12-9-13-34-33(31)25-41-45(34)22-21-42-19-7-4-8-20-42/h1,3,5-6,9-17,25,35-36,48H,4,7-8,18-24,26-28H2,(H,40,51)/t35-,36-/m0/s1. The summed E-state index contributed by atoms with van der Waals surface area (Å²) in [7, 11) is 0. The van der Waals surface area contributed by atoms with Crippen LogP contribution in [0.5, 0.6) is 5.75 Å². The van der Waals surface area contributed by atoms with Gasteiger partial charge in [-0.1, -0.05) is 66.9 Å². The van der Waals surface area contributed by atoms with Gasteiger partial charge in [-0.2, -0.15) is 10.1 Å². The fourth-order valence-electron chi connectivity index (χ4n) is 7.59. The van der Waals surface area contributed by atoms with Crippen molar-refractivity contribution >= 4 is 28.7 Å². The first-order valence-electron chi connectivity index (χ1n) is 17.7. The zero-order valence-corrected chi connectivity index (χ0v) is 28.7. The molecule has 12 nitrogen and oxygen atoms in total. The van der Waals surface area contributed by atoms with Crippen molar-refractivity contribution in [3.63, 3.8) is 0 Å². The van der Waals surface area contributed by atoms with Crippen molar-refractivity contribution in [2.45, 2.75) is 57.5 Å². The van der Waals surface area contributed by atoms with Crippen molar-refractivity contribution in [1.82, 2.24) is 39.8 Å². The predicted molar refractivity (Wildman–Crippen MR) is 193 cm³/mol. The number of rotatable bonds is 10. The van der Waals surface area contributed by atoms with Gasteiger partial charge in [-0.15, -0.1) is 6.42 Å². The Morgan fingerprint density at radius 3 is 2.49 bits per heavy atom. The number of phenolic OH excluding ortho intramolecular Hbond substituents is 1. The summed E-state index contributed by atoms with van der Waals surface area (Å²) in [6, 6.07) is 21.0. The van der Waals surface area contributed by atoms with Crippen LogP contribution in [-0.4, -0.2) is 109 Å². The Bertz CT molecular complexity index is 1900. The summed E-state index contributed by atoms with van der Waals surface area (Å²) in [6.07, 6.45) is 10.8. The van der Waals surface area contributed by atoms with Crippen molar-refractivity contribution in [2.24, 2.45) is 0 Å². The number of aromatic nitrogens is 2. The smallest absolute Gasteiger partial charge is 0.334 e. The van der Waals surface area contributed by atoms with E-state index >= 15 is 0 Å². The van der Waals surface area contributed by atoms with Crippen LogP contribution in [0.1, 0.15) is 36.0 Å². The number of amides is 4. The highest BCUT2D eigenvalue weighted by Crippen LogP contribution is 2.31. The van der Waals surface area contributed by atoms with E-state index in [2.05, 4.69) is 22.2 Å². The van der Waals surface area contributed by atoms with Gasteiger partial charge in [-0.3, -0.25) is 14.3 Å². The molecule has 4 heterocycles. The normalized spacial score (nSPS) is 20.0. The van der Waals surface area contributed by atoms with E-state index in [1.807, 2.05) is 53.3 Å². The highest BCUT2D eigenvalue weighted by atomic mass is 16.3. The molecule has 0 unspecified atom stereocenters. The highest BCUT2D eigenvalue weighted by molar-refractivity contribution is 5.92. The molecule has 4 aromatic rings. The highest BCUT2D eigenvalue weighted by Gasteiger charge is 2.51. The summed E-state index contributed by atoms with van der Waals surface area (Å²) in [5, 5.41) is 21.7. The van der Waals surface area contributed by atoms with E-state index in [4.69, 9.17) is 11.5 Å². The molecule has 0 saturated carbocycles. The number of fused-ring (bicyclic) bond motifs is 2. The fraction of sp³-hybridized carbons (Fsp3) is 0.385. The number of likely N-dealkylation sites (tertiary alicyclic amines) is 1. The number of hydrogen-bond donors (Lipinski definition) is 2. The number of nitrogens with one attached hydrogen (secondary N) is 1. The van der Waals surface area contributed by atoms with Gasteiger partial charge in [0, 0.05) is 31.4 Å². The minimum atomic E-state index is -0.885. The SMILES string of the molecule is C#CCN1CC(=O)N2[C@@H](Cc3ccc(O)cc3)C(=O)N(Cc3cccc4c3cnn4CCN3CCCCC3)C[C@@H]2N1C(=O)NCc1ccccc1. The predicted octanol–water partition coefficient (Wildman–Crippen LogP) is 3.41. The van der Waals surface area contributed by atoms with Crippen molar-refractivity contribution < 1.29 is 19.5 Å². The minimum absolute atomic E-state index is 0.0430. The zero-order valence-electron chi connectivity index (χ0n) is 28.7. The summed E-state index contributed by atoms with van der Waals surface area (Å²) >= 11 is 0. The van der Waals surface area contributed by atoms with Crippen LogP contribution in [-0.2, 0) is 35.6 Å². The van der Waals surface area contributed by atoms with Gasteiger partial charge in [0.1, 0.15) is 18.0 Å². The molecule has 51 heavy (non-hydrogen) atoms. The molecule has 0 bridgehead atoms. The monoisotopic (exact) mass is 688 g/mol. The lowest BCUT2D eigenvalue weighted by atomic mass is 9.98. The second-order valence-corrected chi connectivity index (χ2v) is 13.5. The maximum absolute atomic E-state index is 14.5. The van der Waals surface area contributed by atoms with Gasteiger partial charge < -0.3 is 25.1 Å². The number of hydrogen-bond acceptors (Lipinski definition) is 7. The Balaban J connectivity index is 1.19. The van der Waals surface area contributed by atoms with E-state index in [1.54, 1.807) is 39.1 Å². The summed E-state index contributed by atoms with van der Waals surface area (Å²) in [4.78, 5) is 48.3. The van der Waals surface area contributed by atoms with Crippen LogP contribution < -0.4 is 5.32 Å². The molecule has 3 aliphatic rings. The number of carbonyl (C=O) groups excluding carboxylic acids is 3. The zero-order chi connectivity index (χ0) is 35.3. The molecular weight excluding hydrogens is 644 g/mol. The molecule has 3 aromatic carbocycles. The third-order valence-electron chi connectivity index (χ3n) is 10.2. The van der Waals surface area contributed by atoms with Crippen molar-refractivity contribution in [3.05, 3.63) is 95.7 Å². The number of phenols is 1. The largest absolute Gasteiger partial charge is 0.508 e. The molecule has 0 aliphatic carbocycles. The Morgan fingerprint density at radius 2 is 1.73 bits per heavy atom. The molecule has 0 radical (unpaired) electrons. The number of nitrogens with zero attached hydrogens (tertiary/aromatic N) is 7. The average Bonchev–Trinajstić information content (AvgIpc) is 3.57. The van der Waals surface area contributed by atoms with Gasteiger partial charge >= 0.3 is 6.03 Å². The quantitative estimate of drug-likeness (QED) is 0.246. The van der Waals surface area contributed by atoms with Gasteiger partial charge in [0.2, 0.25) is 11.8 Å². The summed E-state index contributed by atoms with van der Waals surface area (Å²) < 4.78 is 2.04. The molecule has 12 heteroatoms. The lowest BCUT2D eigenvalue weighted by Crippen LogP contribution is -2.76. The molecule has 4 amide bonds. The molecule has 3 aliphatic heterocycles. The van der Waals surface area contributed by atoms with E-state index in [0.717, 1.165) is 53.8 Å². The number of carbonyl (C=O) groups is 3. The number of hydrazine groups is 1. The molecule has 3 fully saturated rings. The van der Waals surface area contributed by atoms with Gasteiger partial charge in [-0.05, 0) is 60.8 Å². The van der Waals surface area contributed by atoms with Crippen LogP contribution in [0.3, 0.4) is 0 Å². The van der Waals surface area contributed by atoms with Crippen molar-refractivity contribution in [2.75, 3.05) is 39.3 Å². The maximum atomic E-state index is 14.5. The lowest BCUT2D eigenvalue weighted by molar-refractivity contribution is -0.189. The number of terminal acetylenes is 1. The Morgan fingerprint density at radius 1 is 0.941 bits per heavy atom. The summed E-state index contributed by atoms with van der Waals surface area (Å²) in [5.41, 5.74) is 3.65. The van der Waals surface area contributed by atoms with Crippen molar-refractivity contribution in [3.8, 4) is 18.1 Å². The van der Waals surface area contributed by atoms with Crippen LogP contribution in [0.2, 0.25) is 0 Å². The van der Waals surface area contributed by atoms with Crippen LogP contribution >= 0.6 is 0 Å². The van der Waals surface area contributed by atoms with Gasteiger partial charge in [-0.25, -0.2) is 9.80 Å². The molecular formula is C39H44N8O4. The number of benzene rings is 3. The third-order valence-corrected chi connectivity index (χ3v) is 10.2. The van der Waals surface area contributed by atoms with E-state index in [9.17, 15) is 19.5 Å². The van der Waals surface area contributed by atoms with Crippen molar-refractivity contribution in [1.29, 1.82) is 0 Å². The van der Waals surface area contributed by atoms with Gasteiger partial charge in [0.05, 0.1) is 37.9 Å². The number of aromatic hydroxyl groups is 1. The first kappa shape index (κ1) is 34.1. The molecule has 2 N–H and O–H groups in total. The Kier molecular flexibility index (Phi) is 10.2. The van der Waals surface area contributed by atoms with E-state index in [1.165, 1.54) is 24.3 Å². The van der Waals surface area contributed by atoms with Gasteiger partial charge in [0.25, 0.3) is 0 Å². The van der Waals surface area contributed by atoms with Gasteiger partial charge in [0.15, 0.2) is 0 Å². The topological polar surface area (TPSA) is 117 Å². The Labute approximate surface area is 298 Å². The average molecular weight is 689 g/mol. The van der Waals surface area contributed by atoms with Crippen LogP contribution in [0, 0.1) is 12.3 Å². The molecule has 3 saturated heterocycles. The lowest BCUT2D eigenvalue weighted by Gasteiger charge is -2.55. The molecule has 1 aromatic heterocycles. The van der Waals surface area contributed by atoms with Crippen LogP contribution in [0.15, 0.2) is 79.0 Å². The van der Waals surface area contributed by atoms with Crippen LogP contribution in [0.4, 0.5) is 4.79 Å². The fourth-order valence-corrected chi connectivity index (χ4v) is 7.59. The molecule has 7 rings (SSSR count). The Hall–Kier alpha value is -5.38. The second-order valence-electron chi connectivity index (χ2n) is 13.5. The van der Waals surface area contributed by atoms with E-state index in [-0.39, 0.29) is 56.7 Å². The van der Waals surface area contributed by atoms with E-state index < -0.39 is 18.2 Å². The summed E-state index contributed by atoms with van der Waals surface area (Å²) in [5.74, 6) is 2.22. The molecule has 264 valence electrons. The minimum Gasteiger partial charge on any atom is -0.508 e. The number of piperidine rings is 1. The molecule has 0 spiro atoms. The van der Waals surface area contributed by atoms with Crippen LogP contribution in [0.25, 0.3) is 10.9 Å². The number of urea groups is 1. The molecule has 2 atom stereocenters. The maximum Gasteiger partial charge on any atom is 0.334 e. The second kappa shape index (κ2) is 15.2.